The molecule has 1 aliphatic rings. The molecule has 2 aromatic rings. The quantitative estimate of drug-likeness (QED) is 0.822. The first-order valence-electron chi connectivity index (χ1n) is 9.08. The molecule has 4 nitrogen and oxygen atoms in total. The fraction of sp³-hybridized carbons (Fsp3) is 0.500. The van der Waals surface area contributed by atoms with Crippen molar-refractivity contribution >= 4 is 17.2 Å². The van der Waals surface area contributed by atoms with Crippen LogP contribution < -0.4 is 10.2 Å². The van der Waals surface area contributed by atoms with Gasteiger partial charge in [-0.3, -0.25) is 9.59 Å². The predicted octanol–water partition coefficient (Wildman–Crippen LogP) is 3.63. The molecule has 0 spiro atoms. The van der Waals surface area contributed by atoms with Crippen LogP contribution in [0, 0.1) is 6.92 Å². The second-order valence-corrected chi connectivity index (χ2v) is 7.85. The summed E-state index contributed by atoms with van der Waals surface area (Å²) in [7, 11) is 0. The molecular weight excluding hydrogens is 332 g/mol. The van der Waals surface area contributed by atoms with Crippen LogP contribution in [0.3, 0.4) is 0 Å². The zero-order valence-corrected chi connectivity index (χ0v) is 15.6. The number of nitrogens with zero attached hydrogens (tertiary/aromatic N) is 1. The average molecular weight is 359 g/mol. The van der Waals surface area contributed by atoms with Gasteiger partial charge in [0.15, 0.2) is 0 Å². The summed E-state index contributed by atoms with van der Waals surface area (Å²) in [6, 6.07) is 10.6. The van der Waals surface area contributed by atoms with E-state index in [1.54, 1.807) is 4.57 Å². The summed E-state index contributed by atoms with van der Waals surface area (Å²) < 4.78 is 1.75. The Morgan fingerprint density at radius 3 is 2.60 bits per heavy atom. The summed E-state index contributed by atoms with van der Waals surface area (Å²) in [6.07, 6.45) is 5.89. The van der Waals surface area contributed by atoms with Gasteiger partial charge < -0.3 is 9.88 Å². The van der Waals surface area contributed by atoms with Crippen LogP contribution in [0.2, 0.25) is 0 Å². The van der Waals surface area contributed by atoms with E-state index in [9.17, 15) is 9.59 Å². The molecule has 0 unspecified atom stereocenters. The summed E-state index contributed by atoms with van der Waals surface area (Å²) in [6.45, 7) is 3.26. The second kappa shape index (κ2) is 8.00. The minimum absolute atomic E-state index is 0.0619. The van der Waals surface area contributed by atoms with Crippen LogP contribution in [0.1, 0.15) is 49.8 Å². The summed E-state index contributed by atoms with van der Waals surface area (Å²) in [5.74, 6) is 0.0862. The summed E-state index contributed by atoms with van der Waals surface area (Å²) in [5, 5.41) is 5.02. The van der Waals surface area contributed by atoms with Crippen LogP contribution in [0.25, 0.3) is 0 Å². The van der Waals surface area contributed by atoms with E-state index in [0.717, 1.165) is 18.5 Å². The Hall–Kier alpha value is -1.88. The van der Waals surface area contributed by atoms with Crippen LogP contribution in [-0.2, 0) is 16.8 Å². The Labute approximate surface area is 152 Å². The zero-order chi connectivity index (χ0) is 17.7. The minimum Gasteiger partial charge on any atom is -0.355 e. The van der Waals surface area contributed by atoms with Gasteiger partial charge in [0.05, 0.1) is 0 Å². The summed E-state index contributed by atoms with van der Waals surface area (Å²) in [5.41, 5.74) is 2.41. The number of aromatic nitrogens is 1. The van der Waals surface area contributed by atoms with E-state index >= 15 is 0 Å². The summed E-state index contributed by atoms with van der Waals surface area (Å²) >= 11 is 1.22. The minimum atomic E-state index is 0.0619. The van der Waals surface area contributed by atoms with Gasteiger partial charge in [0, 0.05) is 36.0 Å². The largest absolute Gasteiger partial charge is 0.355 e. The van der Waals surface area contributed by atoms with Gasteiger partial charge in [0.1, 0.15) is 0 Å². The van der Waals surface area contributed by atoms with Gasteiger partial charge in [-0.15, -0.1) is 0 Å². The third kappa shape index (κ3) is 4.21. The highest BCUT2D eigenvalue weighted by Gasteiger charge is 2.35. The number of aryl methyl sites for hydroxylation is 1. The maximum absolute atomic E-state index is 12.3. The monoisotopic (exact) mass is 358 g/mol. The van der Waals surface area contributed by atoms with Crippen molar-refractivity contribution in [1.82, 2.24) is 9.88 Å². The molecule has 0 atom stereocenters. The highest BCUT2D eigenvalue weighted by atomic mass is 32.1. The highest BCUT2D eigenvalue weighted by molar-refractivity contribution is 7.07. The maximum Gasteiger partial charge on any atom is 0.307 e. The van der Waals surface area contributed by atoms with Gasteiger partial charge in [0.25, 0.3) is 0 Å². The van der Waals surface area contributed by atoms with Crippen molar-refractivity contribution in [2.24, 2.45) is 0 Å². The van der Waals surface area contributed by atoms with Gasteiger partial charge in [-0.05, 0) is 31.7 Å². The number of hydrogen-bond donors (Lipinski definition) is 1. The molecule has 0 bridgehead atoms. The molecule has 0 saturated heterocycles. The first kappa shape index (κ1) is 17.9. The second-order valence-electron chi connectivity index (χ2n) is 7.03. The molecule has 0 radical (unpaired) electrons. The van der Waals surface area contributed by atoms with E-state index in [-0.39, 0.29) is 16.2 Å². The van der Waals surface area contributed by atoms with E-state index in [1.807, 2.05) is 18.4 Å². The number of thiazole rings is 1. The van der Waals surface area contributed by atoms with Crippen LogP contribution in [0.4, 0.5) is 0 Å². The molecule has 134 valence electrons. The van der Waals surface area contributed by atoms with Crippen molar-refractivity contribution in [3.05, 3.63) is 56.6 Å². The van der Waals surface area contributed by atoms with Gasteiger partial charge in [0.2, 0.25) is 5.91 Å². The topological polar surface area (TPSA) is 51.1 Å². The van der Waals surface area contributed by atoms with Gasteiger partial charge in [-0.25, -0.2) is 0 Å². The lowest BCUT2D eigenvalue weighted by Gasteiger charge is -2.30. The Morgan fingerprint density at radius 2 is 1.96 bits per heavy atom. The standard InChI is InChI=1S/C20H26N2O2S/c1-16-14-25-19(24)22(16)13-7-10-18(23)21-15-20(11-5-6-12-20)17-8-3-2-4-9-17/h2-4,8-9,14H,5-7,10-13,15H2,1H3,(H,21,23). The summed E-state index contributed by atoms with van der Waals surface area (Å²) in [4.78, 5) is 24.0. The third-order valence-corrected chi connectivity index (χ3v) is 6.21. The molecule has 0 aliphatic heterocycles. The van der Waals surface area contributed by atoms with E-state index in [2.05, 4.69) is 29.6 Å². The Morgan fingerprint density at radius 1 is 1.24 bits per heavy atom. The Balaban J connectivity index is 1.52. The number of carbonyl (C=O) groups excluding carboxylic acids is 1. The van der Waals surface area contributed by atoms with Crippen molar-refractivity contribution < 1.29 is 4.79 Å². The third-order valence-electron chi connectivity index (χ3n) is 5.33. The zero-order valence-electron chi connectivity index (χ0n) is 14.8. The molecule has 3 rings (SSSR count). The molecule has 25 heavy (non-hydrogen) atoms. The van der Waals surface area contributed by atoms with Crippen molar-refractivity contribution in [2.45, 2.75) is 57.4 Å². The fourth-order valence-corrected chi connectivity index (χ4v) is 4.60. The number of carbonyl (C=O) groups is 1. The molecule has 1 aromatic heterocycles. The van der Waals surface area contributed by atoms with E-state index in [0.29, 0.717) is 25.9 Å². The van der Waals surface area contributed by atoms with Crippen molar-refractivity contribution in [3.8, 4) is 0 Å². The number of nitrogens with one attached hydrogen (secondary N) is 1. The highest BCUT2D eigenvalue weighted by Crippen LogP contribution is 2.40. The Kier molecular flexibility index (Phi) is 5.74. The first-order valence-corrected chi connectivity index (χ1v) is 9.96. The van der Waals surface area contributed by atoms with Crippen LogP contribution in [-0.4, -0.2) is 17.0 Å². The lowest BCUT2D eigenvalue weighted by atomic mass is 9.79. The molecule has 5 heteroatoms. The SMILES string of the molecule is Cc1csc(=O)n1CCCC(=O)NCC1(c2ccccc2)CCCC1. The van der Waals surface area contributed by atoms with Crippen LogP contribution in [0.5, 0.6) is 0 Å². The van der Waals surface area contributed by atoms with Gasteiger partial charge in [-0.2, -0.15) is 0 Å². The smallest absolute Gasteiger partial charge is 0.307 e. The van der Waals surface area contributed by atoms with Crippen molar-refractivity contribution in [2.75, 3.05) is 6.54 Å². The van der Waals surface area contributed by atoms with E-state index in [1.165, 1.54) is 29.7 Å². The first-order chi connectivity index (χ1) is 12.1. The molecule has 1 aliphatic carbocycles. The molecule has 1 N–H and O–H groups in total. The molecule has 1 amide bonds. The number of rotatable bonds is 7. The van der Waals surface area contributed by atoms with Gasteiger partial charge >= 0.3 is 4.87 Å². The average Bonchev–Trinajstić information content (AvgIpc) is 3.23. The van der Waals surface area contributed by atoms with Crippen LogP contribution in [0.15, 0.2) is 40.5 Å². The van der Waals surface area contributed by atoms with E-state index in [4.69, 9.17) is 0 Å². The van der Waals surface area contributed by atoms with Crippen molar-refractivity contribution in [1.29, 1.82) is 0 Å². The Bertz CT molecular complexity index is 758. The normalized spacial score (nSPS) is 16.0. The van der Waals surface area contributed by atoms with Crippen molar-refractivity contribution in [3.63, 3.8) is 0 Å². The van der Waals surface area contributed by atoms with Crippen LogP contribution >= 0.6 is 11.3 Å². The molecule has 1 fully saturated rings. The number of hydrogen-bond acceptors (Lipinski definition) is 3. The number of benzene rings is 1. The fourth-order valence-electron chi connectivity index (χ4n) is 3.84. The van der Waals surface area contributed by atoms with Gasteiger partial charge in [-0.1, -0.05) is 54.5 Å². The molecule has 1 aromatic carbocycles. The maximum atomic E-state index is 12.3. The molecular formula is C20H26N2O2S. The number of amides is 1. The van der Waals surface area contributed by atoms with E-state index < -0.39 is 0 Å². The lowest BCUT2D eigenvalue weighted by molar-refractivity contribution is -0.121. The predicted molar refractivity (Wildman–Crippen MR) is 102 cm³/mol. The molecule has 1 heterocycles. The lowest BCUT2D eigenvalue weighted by Crippen LogP contribution is -2.39. The molecule has 1 saturated carbocycles.